The number of ether oxygens (including phenoxy) is 1. The zero-order valence-electron chi connectivity index (χ0n) is 12.2. The minimum Gasteiger partial charge on any atom is -0.482 e. The van der Waals surface area contributed by atoms with Gasteiger partial charge in [-0.15, -0.1) is 0 Å². The quantitative estimate of drug-likeness (QED) is 0.755. The van der Waals surface area contributed by atoms with Crippen molar-refractivity contribution in [3.05, 3.63) is 24.0 Å². The Balaban J connectivity index is 1.68. The van der Waals surface area contributed by atoms with E-state index in [1.807, 2.05) is 12.1 Å². The molecule has 2 rings (SSSR count). The minimum absolute atomic E-state index is 0.0536. The first-order valence-electron chi connectivity index (χ1n) is 7.21. The first-order chi connectivity index (χ1) is 9.63. The Kier molecular flexibility index (Phi) is 5.35. The van der Waals surface area contributed by atoms with Crippen LogP contribution < -0.4 is 15.4 Å². The normalized spacial score (nSPS) is 14.3. The van der Waals surface area contributed by atoms with Crippen LogP contribution in [0.4, 0.5) is 0 Å². The maximum absolute atomic E-state index is 11.5. The summed E-state index contributed by atoms with van der Waals surface area (Å²) < 4.78 is 5.41. The lowest BCUT2D eigenvalue weighted by Crippen LogP contribution is -2.30. The fourth-order valence-electron chi connectivity index (χ4n) is 1.69. The average molecular weight is 277 g/mol. The molecule has 2 N–H and O–H groups in total. The van der Waals surface area contributed by atoms with Crippen molar-refractivity contribution in [2.75, 3.05) is 13.2 Å². The fourth-order valence-corrected chi connectivity index (χ4v) is 1.69. The lowest BCUT2D eigenvalue weighted by Gasteiger charge is -2.09. The highest BCUT2D eigenvalue weighted by atomic mass is 16.5. The highest BCUT2D eigenvalue weighted by Gasteiger charge is 2.21. The molecule has 1 saturated carbocycles. The van der Waals surface area contributed by atoms with Crippen LogP contribution in [0, 0.1) is 5.92 Å². The molecule has 0 aliphatic heterocycles. The minimum atomic E-state index is -0.0672. The summed E-state index contributed by atoms with van der Waals surface area (Å²) in [6.07, 6.45) is 4.12. The standard InChI is InChI=1S/C15H23N3O2/c1-11(2)16-8-13-5-6-14(9-17-13)20-10-15(19)18-7-12-3-4-12/h5-6,9,11-12,16H,3-4,7-8,10H2,1-2H3,(H,18,19). The Bertz CT molecular complexity index is 427. The van der Waals surface area contributed by atoms with Gasteiger partial charge in [0.05, 0.1) is 11.9 Å². The molecule has 1 amide bonds. The molecule has 5 nitrogen and oxygen atoms in total. The molecule has 5 heteroatoms. The van der Waals surface area contributed by atoms with Gasteiger partial charge in [-0.05, 0) is 30.9 Å². The molecule has 0 atom stereocenters. The van der Waals surface area contributed by atoms with Gasteiger partial charge in [0.2, 0.25) is 0 Å². The van der Waals surface area contributed by atoms with E-state index in [0.29, 0.717) is 17.7 Å². The molecule has 0 bridgehead atoms. The number of carbonyl (C=O) groups is 1. The number of nitrogens with one attached hydrogen (secondary N) is 2. The molecular weight excluding hydrogens is 254 g/mol. The first-order valence-corrected chi connectivity index (χ1v) is 7.21. The Labute approximate surface area is 120 Å². The molecule has 1 aromatic heterocycles. The molecule has 0 saturated heterocycles. The molecule has 110 valence electrons. The smallest absolute Gasteiger partial charge is 0.257 e. The molecule has 1 aromatic rings. The zero-order valence-corrected chi connectivity index (χ0v) is 12.2. The number of hydrogen-bond acceptors (Lipinski definition) is 4. The molecule has 1 fully saturated rings. The molecule has 20 heavy (non-hydrogen) atoms. The lowest BCUT2D eigenvalue weighted by atomic mass is 10.3. The van der Waals surface area contributed by atoms with E-state index in [0.717, 1.165) is 18.8 Å². The number of rotatable bonds is 8. The summed E-state index contributed by atoms with van der Waals surface area (Å²) in [5.74, 6) is 1.25. The number of amides is 1. The second-order valence-electron chi connectivity index (χ2n) is 5.56. The topological polar surface area (TPSA) is 63.2 Å². The Morgan fingerprint density at radius 3 is 2.85 bits per heavy atom. The van der Waals surface area contributed by atoms with Crippen molar-refractivity contribution in [3.8, 4) is 5.75 Å². The second kappa shape index (κ2) is 7.24. The van der Waals surface area contributed by atoms with E-state index in [4.69, 9.17) is 4.74 Å². The second-order valence-corrected chi connectivity index (χ2v) is 5.56. The number of nitrogens with zero attached hydrogens (tertiary/aromatic N) is 1. The van der Waals surface area contributed by atoms with Crippen LogP contribution >= 0.6 is 0 Å². The van der Waals surface area contributed by atoms with Crippen molar-refractivity contribution in [3.63, 3.8) is 0 Å². The predicted molar refractivity (Wildman–Crippen MR) is 77.4 cm³/mol. The van der Waals surface area contributed by atoms with Crippen molar-refractivity contribution >= 4 is 5.91 Å². The van der Waals surface area contributed by atoms with Crippen LogP contribution in [-0.2, 0) is 11.3 Å². The van der Waals surface area contributed by atoms with E-state index in [2.05, 4.69) is 29.5 Å². The molecular formula is C15H23N3O2. The van der Waals surface area contributed by atoms with Crippen LogP contribution in [0.2, 0.25) is 0 Å². The molecule has 0 unspecified atom stereocenters. The van der Waals surface area contributed by atoms with Gasteiger partial charge in [-0.25, -0.2) is 0 Å². The van der Waals surface area contributed by atoms with E-state index in [-0.39, 0.29) is 12.5 Å². The summed E-state index contributed by atoms with van der Waals surface area (Å²) >= 11 is 0. The van der Waals surface area contributed by atoms with Crippen LogP contribution in [0.15, 0.2) is 18.3 Å². The SMILES string of the molecule is CC(C)NCc1ccc(OCC(=O)NCC2CC2)cn1. The van der Waals surface area contributed by atoms with Crippen molar-refractivity contribution in [2.45, 2.75) is 39.3 Å². The van der Waals surface area contributed by atoms with Gasteiger partial charge in [0, 0.05) is 19.1 Å². The molecule has 1 aliphatic rings. The zero-order chi connectivity index (χ0) is 14.4. The molecule has 0 aromatic carbocycles. The van der Waals surface area contributed by atoms with Gasteiger partial charge in [0.25, 0.3) is 5.91 Å². The predicted octanol–water partition coefficient (Wildman–Crippen LogP) is 1.48. The third-order valence-electron chi connectivity index (χ3n) is 3.14. The van der Waals surface area contributed by atoms with Gasteiger partial charge in [0.15, 0.2) is 6.61 Å². The van der Waals surface area contributed by atoms with Crippen LogP contribution in [0.1, 0.15) is 32.4 Å². The van der Waals surface area contributed by atoms with Crippen LogP contribution in [0.3, 0.4) is 0 Å². The summed E-state index contributed by atoms with van der Waals surface area (Å²) in [7, 11) is 0. The van der Waals surface area contributed by atoms with Crippen LogP contribution in [-0.4, -0.2) is 30.1 Å². The maximum atomic E-state index is 11.5. The Hall–Kier alpha value is -1.62. The Morgan fingerprint density at radius 1 is 1.45 bits per heavy atom. The van der Waals surface area contributed by atoms with E-state index in [1.165, 1.54) is 12.8 Å². The van der Waals surface area contributed by atoms with Gasteiger partial charge < -0.3 is 15.4 Å². The molecule has 1 aliphatic carbocycles. The fraction of sp³-hybridized carbons (Fsp3) is 0.600. The van der Waals surface area contributed by atoms with Gasteiger partial charge in [-0.2, -0.15) is 0 Å². The van der Waals surface area contributed by atoms with Gasteiger partial charge in [0.1, 0.15) is 5.75 Å². The van der Waals surface area contributed by atoms with Gasteiger partial charge in [-0.1, -0.05) is 13.8 Å². The number of hydrogen-bond donors (Lipinski definition) is 2. The number of aromatic nitrogens is 1. The third-order valence-corrected chi connectivity index (χ3v) is 3.14. The third kappa shape index (κ3) is 5.57. The van der Waals surface area contributed by atoms with E-state index in [9.17, 15) is 4.79 Å². The van der Waals surface area contributed by atoms with Crippen LogP contribution in [0.5, 0.6) is 5.75 Å². The van der Waals surface area contributed by atoms with E-state index >= 15 is 0 Å². The van der Waals surface area contributed by atoms with E-state index < -0.39 is 0 Å². The molecule has 1 heterocycles. The van der Waals surface area contributed by atoms with Crippen molar-refractivity contribution in [2.24, 2.45) is 5.92 Å². The first kappa shape index (κ1) is 14.8. The largest absolute Gasteiger partial charge is 0.482 e. The van der Waals surface area contributed by atoms with Crippen molar-refractivity contribution in [1.29, 1.82) is 0 Å². The number of pyridine rings is 1. The summed E-state index contributed by atoms with van der Waals surface area (Å²) in [6, 6.07) is 4.19. The monoisotopic (exact) mass is 277 g/mol. The maximum Gasteiger partial charge on any atom is 0.257 e. The number of carbonyl (C=O) groups excluding carboxylic acids is 1. The summed E-state index contributed by atoms with van der Waals surface area (Å²) in [4.78, 5) is 15.8. The Morgan fingerprint density at radius 2 is 2.25 bits per heavy atom. The lowest BCUT2D eigenvalue weighted by molar-refractivity contribution is -0.123. The molecule has 0 radical (unpaired) electrons. The summed E-state index contributed by atoms with van der Waals surface area (Å²) in [6.45, 7) is 5.76. The highest BCUT2D eigenvalue weighted by molar-refractivity contribution is 5.77. The summed E-state index contributed by atoms with van der Waals surface area (Å²) in [5.41, 5.74) is 0.962. The van der Waals surface area contributed by atoms with Crippen molar-refractivity contribution < 1.29 is 9.53 Å². The van der Waals surface area contributed by atoms with Gasteiger partial charge >= 0.3 is 0 Å². The summed E-state index contributed by atoms with van der Waals surface area (Å²) in [5, 5.41) is 6.16. The average Bonchev–Trinajstić information content (AvgIpc) is 3.26. The van der Waals surface area contributed by atoms with Crippen LogP contribution in [0.25, 0.3) is 0 Å². The van der Waals surface area contributed by atoms with Crippen molar-refractivity contribution in [1.82, 2.24) is 15.6 Å². The van der Waals surface area contributed by atoms with E-state index in [1.54, 1.807) is 6.20 Å². The highest BCUT2D eigenvalue weighted by Crippen LogP contribution is 2.27. The van der Waals surface area contributed by atoms with Gasteiger partial charge in [-0.3, -0.25) is 9.78 Å². The molecule has 0 spiro atoms.